The number of hydrogen-bond acceptors (Lipinski definition) is 9. The Morgan fingerprint density at radius 3 is 2.55 bits per heavy atom. The molecule has 0 bridgehead atoms. The van der Waals surface area contributed by atoms with Gasteiger partial charge in [0.05, 0.1) is 24.2 Å². The van der Waals surface area contributed by atoms with Gasteiger partial charge in [-0.1, -0.05) is 75.2 Å². The Bertz CT molecular complexity index is 1440. The maximum Gasteiger partial charge on any atom is 0.311 e. The molecule has 1 aliphatic carbocycles. The van der Waals surface area contributed by atoms with Gasteiger partial charge in [-0.25, -0.2) is 0 Å². The number of carbonyl (C=O) groups excluding carboxylic acids is 1. The van der Waals surface area contributed by atoms with Gasteiger partial charge in [-0.3, -0.25) is 19.5 Å². The van der Waals surface area contributed by atoms with Crippen molar-refractivity contribution in [2.45, 2.75) is 97.7 Å². The molecule has 1 aromatic carbocycles. The molecule has 8 atom stereocenters. The minimum atomic E-state index is -0.846. The lowest BCUT2D eigenvalue weighted by molar-refractivity contribution is -0.155. The van der Waals surface area contributed by atoms with Crippen molar-refractivity contribution in [1.82, 2.24) is 4.90 Å². The monoisotopic (exact) mass is 754 g/mol. The number of ether oxygens (including phenoxy) is 1. The van der Waals surface area contributed by atoms with Crippen LogP contribution in [0.5, 0.6) is 0 Å². The smallest absolute Gasteiger partial charge is 0.311 e. The number of hydrogen-bond donors (Lipinski definition) is 2. The highest BCUT2D eigenvalue weighted by Gasteiger charge is 2.39. The Balaban J connectivity index is 1.44. The number of aliphatic carboxylic acids is 1. The van der Waals surface area contributed by atoms with Gasteiger partial charge in [0.15, 0.2) is 0 Å². The zero-order valence-corrected chi connectivity index (χ0v) is 33.3. The van der Waals surface area contributed by atoms with Crippen LogP contribution < -0.4 is 4.90 Å². The number of cyclic esters (lactones) is 1. The number of benzene rings is 1. The van der Waals surface area contributed by atoms with Crippen LogP contribution in [0.1, 0.15) is 85.5 Å². The lowest BCUT2D eigenvalue weighted by Crippen LogP contribution is -2.46. The lowest BCUT2D eigenvalue weighted by Gasteiger charge is -2.36. The molecule has 0 aromatic heterocycles. The molecule has 2 fully saturated rings. The van der Waals surface area contributed by atoms with Gasteiger partial charge in [-0.05, 0) is 86.0 Å². The van der Waals surface area contributed by atoms with Crippen molar-refractivity contribution in [3.05, 3.63) is 53.1 Å². The number of aliphatic imine (C=N–C) groups is 1. The van der Waals surface area contributed by atoms with Crippen LogP contribution in [0.4, 0.5) is 5.69 Å². The Morgan fingerprint density at radius 1 is 1.08 bits per heavy atom. The van der Waals surface area contributed by atoms with Crippen LogP contribution in [-0.2, 0) is 19.2 Å². The van der Waals surface area contributed by atoms with E-state index in [0.717, 1.165) is 81.1 Å². The van der Waals surface area contributed by atoms with Crippen molar-refractivity contribution in [1.29, 1.82) is 0 Å². The molecule has 1 aromatic rings. The number of rotatable bonds is 9. The summed E-state index contributed by atoms with van der Waals surface area (Å²) in [5.41, 5.74) is 2.54. The van der Waals surface area contributed by atoms with E-state index in [1.165, 1.54) is 0 Å². The van der Waals surface area contributed by atoms with Crippen molar-refractivity contribution in [3.63, 3.8) is 0 Å². The molecule has 294 valence electrons. The SMILES string of the molecule is CN=C/C1=C\C=C\CC(C2CCCC2C(=O)O)OC(=O)C/C(=N\OCCCN2CCN(c3cccc(Cl)c3)CC2)C(C)CC(C)CC(C)CC(C)C1O. The van der Waals surface area contributed by atoms with Gasteiger partial charge in [0, 0.05) is 69.0 Å². The van der Waals surface area contributed by atoms with Crippen LogP contribution in [0.2, 0.25) is 5.02 Å². The molecule has 53 heavy (non-hydrogen) atoms. The van der Waals surface area contributed by atoms with Crippen LogP contribution >= 0.6 is 11.6 Å². The maximum atomic E-state index is 13.7. The summed E-state index contributed by atoms with van der Waals surface area (Å²) in [5, 5.41) is 26.6. The van der Waals surface area contributed by atoms with Crippen LogP contribution in [-0.4, -0.2) is 97.6 Å². The third kappa shape index (κ3) is 13.5. The number of oxime groups is 1. The van der Waals surface area contributed by atoms with Crippen LogP contribution in [0, 0.1) is 35.5 Å². The normalized spacial score (nSPS) is 32.8. The summed E-state index contributed by atoms with van der Waals surface area (Å²) in [7, 11) is 1.69. The minimum Gasteiger partial charge on any atom is -0.481 e. The van der Waals surface area contributed by atoms with Gasteiger partial charge >= 0.3 is 11.9 Å². The van der Waals surface area contributed by atoms with Crippen molar-refractivity contribution < 1.29 is 29.4 Å². The Hall–Kier alpha value is -3.21. The Kier molecular flexibility index (Phi) is 17.4. The fourth-order valence-electron chi connectivity index (χ4n) is 8.56. The van der Waals surface area contributed by atoms with E-state index in [-0.39, 0.29) is 24.2 Å². The Morgan fingerprint density at radius 2 is 1.83 bits per heavy atom. The number of aliphatic hydroxyl groups excluding tert-OH is 1. The molecule has 3 aliphatic rings. The summed E-state index contributed by atoms with van der Waals surface area (Å²) in [4.78, 5) is 40.7. The molecule has 0 radical (unpaired) electrons. The number of halogens is 1. The first-order chi connectivity index (χ1) is 25.4. The third-order valence-electron chi connectivity index (χ3n) is 11.3. The number of allylic oxidation sites excluding steroid dienone is 2. The Labute approximate surface area is 322 Å². The predicted octanol–water partition coefficient (Wildman–Crippen LogP) is 7.69. The van der Waals surface area contributed by atoms with Gasteiger partial charge < -0.3 is 24.7 Å². The van der Waals surface area contributed by atoms with Crippen molar-refractivity contribution in [3.8, 4) is 0 Å². The van der Waals surface area contributed by atoms with Gasteiger partial charge in [-0.15, -0.1) is 0 Å². The number of anilines is 1. The number of carboxylic acids is 1. The van der Waals surface area contributed by atoms with Crippen molar-refractivity contribution in [2.75, 3.05) is 51.3 Å². The first kappa shape index (κ1) is 42.5. The van der Waals surface area contributed by atoms with Crippen LogP contribution in [0.25, 0.3) is 0 Å². The first-order valence-corrected chi connectivity index (χ1v) is 20.1. The van der Waals surface area contributed by atoms with Gasteiger partial charge in [-0.2, -0.15) is 0 Å². The van der Waals surface area contributed by atoms with Crippen molar-refractivity contribution in [2.24, 2.45) is 45.7 Å². The molecule has 0 amide bonds. The third-order valence-corrected chi connectivity index (χ3v) is 11.5. The standard InChI is InChI=1S/C42H63ClN4O6/c1-29-23-30(2)25-32(4)41(49)33(28-44-5)11-6-7-16-39(36-14-9-15-37(36)42(50)51)53-40(48)27-38(31(3)24-29)45-52-22-10-17-46-18-20-47(21-19-46)35-13-8-12-34(43)26-35/h6-8,11-13,26,28-32,36-37,39,41,49H,9-10,14-25,27H2,1-5H3,(H,50,51)/b7-6+,33-11+,44-28?,45-38+. The zero-order chi connectivity index (χ0) is 38.3. The largest absolute Gasteiger partial charge is 0.481 e. The second-order valence-electron chi connectivity index (χ2n) is 15.8. The summed E-state index contributed by atoms with van der Waals surface area (Å²) in [5.74, 6) is -1.33. The second kappa shape index (κ2) is 21.6. The molecular weight excluding hydrogens is 692 g/mol. The first-order valence-electron chi connectivity index (χ1n) is 19.8. The number of carboxylic acid groups (broad SMARTS) is 1. The molecule has 8 unspecified atom stereocenters. The van der Waals surface area contributed by atoms with E-state index >= 15 is 0 Å². The van der Waals surface area contributed by atoms with E-state index in [1.807, 2.05) is 36.4 Å². The summed E-state index contributed by atoms with van der Waals surface area (Å²) < 4.78 is 6.14. The van der Waals surface area contributed by atoms with Gasteiger partial charge in [0.1, 0.15) is 12.7 Å². The minimum absolute atomic E-state index is 0.000182. The van der Waals surface area contributed by atoms with Crippen molar-refractivity contribution >= 4 is 41.2 Å². The predicted molar refractivity (Wildman–Crippen MR) is 214 cm³/mol. The van der Waals surface area contributed by atoms with E-state index < -0.39 is 30.1 Å². The highest BCUT2D eigenvalue weighted by atomic mass is 35.5. The highest BCUT2D eigenvalue weighted by Crippen LogP contribution is 2.37. The fraction of sp³-hybridized carbons (Fsp3) is 0.667. The highest BCUT2D eigenvalue weighted by molar-refractivity contribution is 6.30. The number of piperazine rings is 1. The average Bonchev–Trinajstić information content (AvgIpc) is 3.62. The quantitative estimate of drug-likeness (QED) is 0.114. The molecule has 0 spiro atoms. The maximum absolute atomic E-state index is 13.7. The van der Waals surface area contributed by atoms with Crippen LogP contribution in [0.15, 0.2) is 58.2 Å². The van der Waals surface area contributed by atoms with E-state index in [0.29, 0.717) is 43.4 Å². The van der Waals surface area contributed by atoms with Gasteiger partial charge in [0.2, 0.25) is 0 Å². The fourth-order valence-corrected chi connectivity index (χ4v) is 8.74. The van der Waals surface area contributed by atoms with E-state index in [4.69, 9.17) is 21.2 Å². The zero-order valence-electron chi connectivity index (χ0n) is 32.5. The molecule has 1 saturated carbocycles. The summed E-state index contributed by atoms with van der Waals surface area (Å²) >= 11 is 6.21. The summed E-state index contributed by atoms with van der Waals surface area (Å²) in [6.07, 6.45) is 12.0. The molecule has 4 rings (SSSR count). The molecule has 10 nitrogen and oxygen atoms in total. The molecule has 11 heteroatoms. The molecule has 1 saturated heterocycles. The summed E-state index contributed by atoms with van der Waals surface area (Å²) in [6, 6.07) is 8.00. The number of nitrogens with zero attached hydrogens (tertiary/aromatic N) is 4. The topological polar surface area (TPSA) is 124 Å². The van der Waals surface area contributed by atoms with E-state index in [2.05, 4.69) is 53.7 Å². The average molecular weight is 755 g/mol. The van der Waals surface area contributed by atoms with Gasteiger partial charge in [0.25, 0.3) is 0 Å². The summed E-state index contributed by atoms with van der Waals surface area (Å²) in [6.45, 7) is 13.8. The molecule has 2 N–H and O–H groups in total. The number of carbonyl (C=O) groups is 2. The molecule has 2 aliphatic heterocycles. The number of aliphatic hydroxyl groups is 1. The van der Waals surface area contributed by atoms with E-state index in [9.17, 15) is 19.8 Å². The molecular formula is C42H63ClN4O6. The lowest BCUT2D eigenvalue weighted by atomic mass is 9.82. The van der Waals surface area contributed by atoms with Crippen LogP contribution in [0.3, 0.4) is 0 Å². The van der Waals surface area contributed by atoms with E-state index in [1.54, 1.807) is 13.3 Å². The molecule has 2 heterocycles. The number of esters is 1. The second-order valence-corrected chi connectivity index (χ2v) is 16.2.